The van der Waals surface area contributed by atoms with Crippen molar-refractivity contribution < 1.29 is 14.0 Å². The molecule has 180 valence electrons. The van der Waals surface area contributed by atoms with E-state index in [0.717, 1.165) is 38.5 Å². The molecule has 0 radical (unpaired) electrons. The van der Waals surface area contributed by atoms with Gasteiger partial charge in [0.1, 0.15) is 10.0 Å². The van der Waals surface area contributed by atoms with Gasteiger partial charge in [-0.2, -0.15) is 0 Å². The Labute approximate surface area is 217 Å². The molecule has 2 aliphatic carbocycles. The third-order valence-electron chi connectivity index (χ3n) is 7.58. The largest absolute Gasteiger partial charge is 0.423 e. The van der Waals surface area contributed by atoms with E-state index in [-0.39, 0.29) is 41.8 Å². The fourth-order valence-electron chi connectivity index (χ4n) is 4.67. The highest BCUT2D eigenvalue weighted by Crippen LogP contribution is 2.57. The van der Waals surface area contributed by atoms with Crippen molar-refractivity contribution in [1.29, 1.82) is 0 Å². The topological polar surface area (TPSA) is 35.5 Å². The first kappa shape index (κ1) is 26.9. The number of esters is 1. The minimum absolute atomic E-state index is 0.00945. The van der Waals surface area contributed by atoms with Crippen LogP contribution in [0, 0.1) is 11.8 Å². The van der Waals surface area contributed by atoms with Crippen molar-refractivity contribution in [2.45, 2.75) is 89.5 Å². The summed E-state index contributed by atoms with van der Waals surface area (Å²) in [5.74, 6) is -0.494. The molecular formula is C23H31Cl5O3Si. The molecule has 3 nitrogen and oxygen atoms in total. The van der Waals surface area contributed by atoms with Crippen molar-refractivity contribution in [1.82, 2.24) is 0 Å². The lowest BCUT2D eigenvalue weighted by atomic mass is 9.56. The maximum atomic E-state index is 13.5. The SMILES string of the molecule is CC(C)(C)[Si](C)(C)O[C@]12CCCCCC[C@H]1C[C@@H]2C(=O)Oc1c(Cl)c(Cl)c(Cl)c(Cl)c1Cl. The van der Waals surface area contributed by atoms with Gasteiger partial charge in [0.05, 0.1) is 26.6 Å². The van der Waals surface area contributed by atoms with E-state index in [9.17, 15) is 4.79 Å². The van der Waals surface area contributed by atoms with Crippen molar-refractivity contribution in [3.05, 3.63) is 25.1 Å². The minimum Gasteiger partial charge on any atom is -0.423 e. The van der Waals surface area contributed by atoms with Crippen LogP contribution in [0.3, 0.4) is 0 Å². The molecule has 32 heavy (non-hydrogen) atoms. The van der Waals surface area contributed by atoms with Crippen LogP contribution in [0.25, 0.3) is 0 Å². The Hall–Kier alpha value is 0.317. The van der Waals surface area contributed by atoms with Crippen LogP contribution in [0.1, 0.15) is 65.7 Å². The van der Waals surface area contributed by atoms with Gasteiger partial charge in [-0.25, -0.2) is 0 Å². The molecule has 1 aromatic carbocycles. The zero-order chi connectivity index (χ0) is 24.1. The molecule has 0 unspecified atom stereocenters. The number of ether oxygens (including phenoxy) is 1. The first-order valence-electron chi connectivity index (χ1n) is 11.2. The van der Waals surface area contributed by atoms with E-state index in [4.69, 9.17) is 67.2 Å². The molecule has 0 spiro atoms. The lowest BCUT2D eigenvalue weighted by Crippen LogP contribution is -2.66. The summed E-state index contributed by atoms with van der Waals surface area (Å²) in [4.78, 5) is 13.5. The highest BCUT2D eigenvalue weighted by Gasteiger charge is 2.62. The number of hydrogen-bond acceptors (Lipinski definition) is 3. The molecule has 9 heteroatoms. The van der Waals surface area contributed by atoms with Crippen molar-refractivity contribution in [2.24, 2.45) is 11.8 Å². The van der Waals surface area contributed by atoms with E-state index in [1.54, 1.807) is 0 Å². The smallest absolute Gasteiger partial charge is 0.317 e. The Bertz CT molecular complexity index is 870. The number of fused-ring (bicyclic) bond motifs is 1. The first-order valence-corrected chi connectivity index (χ1v) is 16.0. The van der Waals surface area contributed by atoms with Crippen molar-refractivity contribution in [3.63, 3.8) is 0 Å². The Kier molecular flexibility index (Phi) is 8.21. The number of carbonyl (C=O) groups excluding carboxylic acids is 1. The Balaban J connectivity index is 1.95. The predicted octanol–water partition coefficient (Wildman–Crippen LogP) is 9.61. The fourth-order valence-corrected chi connectivity index (χ4v) is 7.53. The molecule has 0 N–H and O–H groups in total. The molecule has 2 aliphatic rings. The summed E-state index contributed by atoms with van der Waals surface area (Å²) in [6, 6.07) is 0. The lowest BCUT2D eigenvalue weighted by molar-refractivity contribution is -0.182. The monoisotopic (exact) mass is 558 g/mol. The minimum atomic E-state index is -2.14. The molecule has 0 saturated heterocycles. The average molecular weight is 561 g/mol. The Morgan fingerprint density at radius 3 is 2.00 bits per heavy atom. The molecule has 3 rings (SSSR count). The molecular weight excluding hydrogens is 530 g/mol. The second kappa shape index (κ2) is 9.76. The zero-order valence-electron chi connectivity index (χ0n) is 19.2. The average Bonchev–Trinajstić information content (AvgIpc) is 2.69. The molecule has 0 bridgehead atoms. The van der Waals surface area contributed by atoms with Gasteiger partial charge in [0.25, 0.3) is 0 Å². The highest BCUT2D eigenvalue weighted by molar-refractivity contribution is 6.74. The third kappa shape index (κ3) is 4.85. The molecule has 0 heterocycles. The van der Waals surface area contributed by atoms with Crippen LogP contribution >= 0.6 is 58.0 Å². The van der Waals surface area contributed by atoms with Crippen molar-refractivity contribution in [3.8, 4) is 5.75 Å². The number of rotatable bonds is 4. The lowest BCUT2D eigenvalue weighted by Gasteiger charge is -2.59. The summed E-state index contributed by atoms with van der Waals surface area (Å²) in [5, 5.41) is 0.0393. The van der Waals surface area contributed by atoms with Gasteiger partial charge in [-0.3, -0.25) is 4.79 Å². The van der Waals surface area contributed by atoms with E-state index < -0.39 is 19.9 Å². The maximum absolute atomic E-state index is 13.5. The summed E-state index contributed by atoms with van der Waals surface area (Å²) >= 11 is 31.0. The number of halogens is 5. The summed E-state index contributed by atoms with van der Waals surface area (Å²) in [7, 11) is -2.14. The van der Waals surface area contributed by atoms with Gasteiger partial charge in [0.15, 0.2) is 14.1 Å². The standard InChI is InChI=1S/C23H31Cl5O3Si/c1-22(2,3)32(4,5)31-23-11-9-7-6-8-10-13(23)12-14(23)21(29)30-20-18(27)16(25)15(24)17(26)19(20)28/h13-14H,6-12H2,1-5H3/t13-,14+,23+/m0/s1. The number of benzene rings is 1. The highest BCUT2D eigenvalue weighted by atomic mass is 35.5. The second-order valence-electron chi connectivity index (χ2n) is 10.6. The van der Waals surface area contributed by atoms with Gasteiger partial charge in [-0.05, 0) is 43.3 Å². The first-order chi connectivity index (χ1) is 14.7. The van der Waals surface area contributed by atoms with Crippen molar-refractivity contribution >= 4 is 72.3 Å². The van der Waals surface area contributed by atoms with Gasteiger partial charge in [0, 0.05) is 0 Å². The van der Waals surface area contributed by atoms with Gasteiger partial charge in [0.2, 0.25) is 0 Å². The van der Waals surface area contributed by atoms with Crippen LogP contribution < -0.4 is 4.74 Å². The van der Waals surface area contributed by atoms with E-state index in [0.29, 0.717) is 5.92 Å². The van der Waals surface area contributed by atoms with Gasteiger partial charge in [-0.15, -0.1) is 0 Å². The van der Waals surface area contributed by atoms with Crippen LogP contribution in [0.5, 0.6) is 5.75 Å². The van der Waals surface area contributed by atoms with Gasteiger partial charge >= 0.3 is 5.97 Å². The zero-order valence-corrected chi connectivity index (χ0v) is 24.0. The summed E-state index contributed by atoms with van der Waals surface area (Å²) < 4.78 is 12.8. The molecule has 3 atom stereocenters. The van der Waals surface area contributed by atoms with Crippen molar-refractivity contribution in [2.75, 3.05) is 0 Å². The fraction of sp³-hybridized carbons (Fsp3) is 0.696. The van der Waals surface area contributed by atoms with Crippen LogP contribution in [0.15, 0.2) is 0 Å². The summed E-state index contributed by atoms with van der Waals surface area (Å²) in [6.45, 7) is 11.1. The van der Waals surface area contributed by atoms with Gasteiger partial charge in [-0.1, -0.05) is 104 Å². The maximum Gasteiger partial charge on any atom is 0.317 e. The van der Waals surface area contributed by atoms with E-state index >= 15 is 0 Å². The Morgan fingerprint density at radius 1 is 0.906 bits per heavy atom. The normalized spacial score (nSPS) is 26.6. The van der Waals surface area contributed by atoms with Crippen LogP contribution in [0.4, 0.5) is 0 Å². The quantitative estimate of drug-likeness (QED) is 0.121. The molecule has 0 amide bonds. The van der Waals surface area contributed by atoms with E-state index in [2.05, 4.69) is 33.9 Å². The second-order valence-corrected chi connectivity index (χ2v) is 17.2. The van der Waals surface area contributed by atoms with Gasteiger partial charge < -0.3 is 9.16 Å². The number of carbonyl (C=O) groups is 1. The summed E-state index contributed by atoms with van der Waals surface area (Å²) in [6.07, 6.45) is 7.24. The molecule has 2 saturated carbocycles. The predicted molar refractivity (Wildman–Crippen MR) is 137 cm³/mol. The van der Waals surface area contributed by atoms with Crippen LogP contribution in [0.2, 0.25) is 43.2 Å². The molecule has 0 aliphatic heterocycles. The van der Waals surface area contributed by atoms with Crippen LogP contribution in [-0.4, -0.2) is 19.9 Å². The summed E-state index contributed by atoms with van der Waals surface area (Å²) in [5.41, 5.74) is -0.514. The molecule has 0 aromatic heterocycles. The van der Waals surface area contributed by atoms with E-state index in [1.807, 2.05) is 0 Å². The number of hydrogen-bond donors (Lipinski definition) is 0. The molecule has 2 fully saturated rings. The molecule has 1 aromatic rings. The van der Waals surface area contributed by atoms with E-state index in [1.165, 1.54) is 6.42 Å². The third-order valence-corrected chi connectivity index (χ3v) is 14.3. The van der Waals surface area contributed by atoms with Crippen LogP contribution in [-0.2, 0) is 9.22 Å². The Morgan fingerprint density at radius 2 is 1.44 bits per heavy atom.